The molecule has 1 unspecified atom stereocenters. The minimum Gasteiger partial charge on any atom is -0.479 e. The quantitative estimate of drug-likeness (QED) is 0.461. The van der Waals surface area contributed by atoms with Crippen LogP contribution in [-0.4, -0.2) is 79.7 Å². The van der Waals surface area contributed by atoms with Gasteiger partial charge in [0.25, 0.3) is 0 Å². The minimum absolute atomic E-state index is 0.0655. The predicted molar refractivity (Wildman–Crippen MR) is 150 cm³/mol. The number of fused-ring (bicyclic) bond motifs is 2. The standard InChI is InChI=1S/C25H43N5O7Si2/c1-13(2)38(14(3)4)34-11-18-21(36-39(37-38,15(5)6)16(7)8)20(32)24(35-18)30-12-26-19-22(30)28-25(27-17(9)31)29-23(19)33-10/h12-16,18,20-21,24,32H,11H2,1-10H3,(H,27,28,29,31)/t18-,20-,21?,24-/m1/s1. The summed E-state index contributed by atoms with van der Waals surface area (Å²) in [7, 11) is -4.23. The third-order valence-corrected chi connectivity index (χ3v) is 18.0. The number of hydrogen-bond donors (Lipinski definition) is 2. The lowest BCUT2D eigenvalue weighted by atomic mass is 10.1. The number of amides is 1. The molecule has 1 amide bonds. The summed E-state index contributed by atoms with van der Waals surface area (Å²) in [5.74, 6) is -0.0595. The van der Waals surface area contributed by atoms with Crippen molar-refractivity contribution < 1.29 is 32.3 Å². The van der Waals surface area contributed by atoms with Crippen LogP contribution in [0, 0.1) is 0 Å². The van der Waals surface area contributed by atoms with Crippen molar-refractivity contribution in [2.75, 3.05) is 19.0 Å². The van der Waals surface area contributed by atoms with Gasteiger partial charge >= 0.3 is 17.1 Å². The van der Waals surface area contributed by atoms with Gasteiger partial charge in [-0.3, -0.25) is 14.7 Å². The molecule has 4 heterocycles. The second-order valence-corrected chi connectivity index (χ2v) is 20.5. The maximum atomic E-state index is 11.7. The van der Waals surface area contributed by atoms with Gasteiger partial charge in [-0.2, -0.15) is 9.97 Å². The van der Waals surface area contributed by atoms with Crippen LogP contribution >= 0.6 is 0 Å². The average Bonchev–Trinajstić information content (AvgIpc) is 3.38. The van der Waals surface area contributed by atoms with Crippen molar-refractivity contribution >= 4 is 40.1 Å². The number of methoxy groups -OCH3 is 1. The number of nitrogens with zero attached hydrogens (tertiary/aromatic N) is 4. The highest BCUT2D eigenvalue weighted by molar-refractivity contribution is 6.84. The highest BCUT2D eigenvalue weighted by Gasteiger charge is 2.61. The molecule has 2 fully saturated rings. The molecule has 39 heavy (non-hydrogen) atoms. The van der Waals surface area contributed by atoms with Crippen LogP contribution in [0.1, 0.15) is 68.5 Å². The highest BCUT2D eigenvalue weighted by Crippen LogP contribution is 2.48. The Morgan fingerprint density at radius 2 is 1.69 bits per heavy atom. The first-order chi connectivity index (χ1) is 18.3. The minimum atomic E-state index is -2.94. The molecule has 14 heteroatoms. The van der Waals surface area contributed by atoms with Gasteiger partial charge in [-0.1, -0.05) is 55.4 Å². The smallest absolute Gasteiger partial charge is 0.335 e. The van der Waals surface area contributed by atoms with E-state index in [9.17, 15) is 9.90 Å². The summed E-state index contributed by atoms with van der Waals surface area (Å²) in [6.45, 7) is 18.8. The lowest BCUT2D eigenvalue weighted by molar-refractivity contribution is -0.114. The van der Waals surface area contributed by atoms with E-state index in [0.717, 1.165) is 0 Å². The normalized spacial score (nSPS) is 26.7. The van der Waals surface area contributed by atoms with Crippen LogP contribution in [0.15, 0.2) is 6.33 Å². The van der Waals surface area contributed by atoms with Crippen molar-refractivity contribution in [3.63, 3.8) is 0 Å². The van der Waals surface area contributed by atoms with E-state index >= 15 is 0 Å². The van der Waals surface area contributed by atoms with E-state index in [-0.39, 0.29) is 46.5 Å². The van der Waals surface area contributed by atoms with Crippen LogP contribution in [0.5, 0.6) is 5.88 Å². The summed E-state index contributed by atoms with van der Waals surface area (Å²) in [5, 5.41) is 14.3. The molecule has 2 aromatic heterocycles. The number of nitrogens with one attached hydrogen (secondary N) is 1. The number of rotatable bonds is 7. The molecule has 4 atom stereocenters. The summed E-state index contributed by atoms with van der Waals surface area (Å²) >= 11 is 0. The van der Waals surface area contributed by atoms with E-state index in [1.54, 1.807) is 4.57 Å². The predicted octanol–water partition coefficient (Wildman–Crippen LogP) is 4.01. The summed E-state index contributed by atoms with van der Waals surface area (Å²) in [4.78, 5) is 24.8. The molecule has 0 bridgehead atoms. The van der Waals surface area contributed by atoms with Gasteiger partial charge in [0.05, 0.1) is 20.0 Å². The Hall–Kier alpha value is -1.95. The first kappa shape index (κ1) is 30.0. The van der Waals surface area contributed by atoms with Crippen molar-refractivity contribution in [3.05, 3.63) is 6.33 Å². The number of anilines is 1. The molecule has 2 aliphatic rings. The van der Waals surface area contributed by atoms with E-state index in [1.807, 2.05) is 0 Å². The topological polar surface area (TPSA) is 139 Å². The lowest BCUT2D eigenvalue weighted by Crippen LogP contribution is -2.65. The third-order valence-electron chi connectivity index (χ3n) is 7.79. The number of carbonyl (C=O) groups excluding carboxylic acids is 1. The number of aromatic nitrogens is 4. The van der Waals surface area contributed by atoms with Crippen LogP contribution in [0.3, 0.4) is 0 Å². The molecular formula is C25H43N5O7Si2. The zero-order valence-electron chi connectivity index (χ0n) is 24.6. The second kappa shape index (κ2) is 11.1. The number of ether oxygens (including phenoxy) is 2. The van der Waals surface area contributed by atoms with Crippen LogP contribution in [0.4, 0.5) is 5.95 Å². The van der Waals surface area contributed by atoms with E-state index in [4.69, 9.17) is 22.4 Å². The Morgan fingerprint density at radius 1 is 1.08 bits per heavy atom. The number of imidazole rings is 1. The number of carbonyl (C=O) groups is 1. The number of aliphatic hydroxyl groups excluding tert-OH is 1. The molecule has 0 radical (unpaired) electrons. The molecule has 0 aliphatic carbocycles. The van der Waals surface area contributed by atoms with Gasteiger partial charge in [0.2, 0.25) is 17.7 Å². The molecule has 0 spiro atoms. The Balaban J connectivity index is 1.79. The SMILES string of the molecule is COc1nc(NC(C)=O)nc2c1ncn2[C@@H]1O[C@@H]2CO[Si](C(C)C)(C(C)C)O[Si](C(C)C)(C(C)C)OC2[C@H]1O. The van der Waals surface area contributed by atoms with Gasteiger partial charge in [-0.05, 0) is 22.2 Å². The fraction of sp³-hybridized carbons (Fsp3) is 0.760. The summed E-state index contributed by atoms with van der Waals surface area (Å²) in [5.41, 5.74) is 1.34. The van der Waals surface area contributed by atoms with Crippen LogP contribution < -0.4 is 10.1 Å². The second-order valence-electron chi connectivity index (χ2n) is 11.7. The first-order valence-corrected chi connectivity index (χ1v) is 17.6. The zero-order valence-corrected chi connectivity index (χ0v) is 26.6. The van der Waals surface area contributed by atoms with Crippen LogP contribution in [-0.2, 0) is 22.5 Å². The van der Waals surface area contributed by atoms with Crippen molar-refractivity contribution in [1.29, 1.82) is 0 Å². The van der Waals surface area contributed by atoms with Gasteiger partial charge in [-0.25, -0.2) is 4.98 Å². The first-order valence-electron chi connectivity index (χ1n) is 13.7. The molecular weight excluding hydrogens is 538 g/mol. The molecule has 218 valence electrons. The Kier molecular flexibility index (Phi) is 8.58. The van der Waals surface area contributed by atoms with Crippen LogP contribution in [0.2, 0.25) is 22.2 Å². The molecule has 0 aromatic carbocycles. The Bertz CT molecular complexity index is 1180. The van der Waals surface area contributed by atoms with Crippen molar-refractivity contribution in [2.24, 2.45) is 0 Å². The summed E-state index contributed by atoms with van der Waals surface area (Å²) < 4.78 is 34.5. The maximum absolute atomic E-state index is 11.7. The number of aliphatic hydroxyl groups is 1. The summed E-state index contributed by atoms with van der Waals surface area (Å²) in [6, 6.07) is 0. The lowest BCUT2D eigenvalue weighted by Gasteiger charge is -2.51. The van der Waals surface area contributed by atoms with Crippen molar-refractivity contribution in [2.45, 2.75) is 109 Å². The fourth-order valence-electron chi connectivity index (χ4n) is 5.80. The van der Waals surface area contributed by atoms with E-state index in [0.29, 0.717) is 11.2 Å². The zero-order chi connectivity index (χ0) is 28.9. The van der Waals surface area contributed by atoms with Gasteiger partial charge in [0.15, 0.2) is 17.4 Å². The van der Waals surface area contributed by atoms with Crippen molar-refractivity contribution in [1.82, 2.24) is 19.5 Å². The molecule has 2 N–H and O–H groups in total. The van der Waals surface area contributed by atoms with E-state index in [2.05, 4.69) is 75.7 Å². The van der Waals surface area contributed by atoms with Crippen molar-refractivity contribution in [3.8, 4) is 5.88 Å². The molecule has 2 aromatic rings. The monoisotopic (exact) mass is 581 g/mol. The van der Waals surface area contributed by atoms with Gasteiger partial charge in [0.1, 0.15) is 18.3 Å². The third kappa shape index (κ3) is 5.16. The van der Waals surface area contributed by atoms with Gasteiger partial charge in [0, 0.05) is 6.92 Å². The van der Waals surface area contributed by atoms with Gasteiger partial charge in [-0.15, -0.1) is 0 Å². The maximum Gasteiger partial charge on any atom is 0.335 e. The highest BCUT2D eigenvalue weighted by atomic mass is 28.5. The molecule has 2 saturated heterocycles. The van der Waals surface area contributed by atoms with Gasteiger partial charge < -0.3 is 27.5 Å². The number of hydrogen-bond acceptors (Lipinski definition) is 10. The molecule has 0 saturated carbocycles. The van der Waals surface area contributed by atoms with Crippen LogP contribution in [0.25, 0.3) is 11.2 Å². The Morgan fingerprint density at radius 3 is 2.23 bits per heavy atom. The molecule has 12 nitrogen and oxygen atoms in total. The largest absolute Gasteiger partial charge is 0.479 e. The average molecular weight is 582 g/mol. The fourth-order valence-corrected chi connectivity index (χ4v) is 17.0. The Labute approximate surface area is 232 Å². The molecule has 2 aliphatic heterocycles. The van der Waals surface area contributed by atoms with E-state index in [1.165, 1.54) is 20.4 Å². The summed E-state index contributed by atoms with van der Waals surface area (Å²) in [6.07, 6.45) is -1.59. The van der Waals surface area contributed by atoms with E-state index < -0.39 is 41.7 Å². The molecule has 4 rings (SSSR count).